The van der Waals surface area contributed by atoms with Gasteiger partial charge in [0.05, 0.1) is 0 Å². The second kappa shape index (κ2) is 9.43. The summed E-state index contributed by atoms with van der Waals surface area (Å²) in [4.78, 5) is 10.6. The third kappa shape index (κ3) is 6.12. The van der Waals surface area contributed by atoms with Crippen LogP contribution in [0.3, 0.4) is 0 Å². The first-order valence-corrected chi connectivity index (χ1v) is 7.11. The molecule has 0 spiro atoms. The van der Waals surface area contributed by atoms with Crippen LogP contribution in [0.25, 0.3) is 0 Å². The van der Waals surface area contributed by atoms with Crippen LogP contribution >= 0.6 is 24.0 Å². The summed E-state index contributed by atoms with van der Waals surface area (Å²) >= 11 is 0. The minimum absolute atomic E-state index is 0. The highest BCUT2D eigenvalue weighted by Crippen LogP contribution is 2.06. The molecule has 0 atom stereocenters. The van der Waals surface area contributed by atoms with Crippen molar-refractivity contribution >= 4 is 29.9 Å². The third-order valence-electron chi connectivity index (χ3n) is 2.97. The van der Waals surface area contributed by atoms with Gasteiger partial charge in [0, 0.05) is 27.1 Å². The molecule has 0 radical (unpaired) electrons. The molecule has 0 fully saturated rings. The summed E-state index contributed by atoms with van der Waals surface area (Å²) in [6.07, 6.45) is 0. The van der Waals surface area contributed by atoms with Gasteiger partial charge in [0.25, 0.3) is 0 Å². The van der Waals surface area contributed by atoms with E-state index in [9.17, 15) is 4.39 Å². The third-order valence-corrected chi connectivity index (χ3v) is 2.97. The number of nitrogens with one attached hydrogen (secondary N) is 1. The van der Waals surface area contributed by atoms with Gasteiger partial charge in [-0.1, -0.05) is 17.3 Å². The highest BCUT2D eigenvalue weighted by Gasteiger charge is 2.08. The average molecular weight is 433 g/mol. The van der Waals surface area contributed by atoms with Crippen molar-refractivity contribution in [3.05, 3.63) is 47.4 Å². The summed E-state index contributed by atoms with van der Waals surface area (Å²) in [6.45, 7) is 5.45. The molecule has 1 aromatic heterocycles. The molecular formula is C15H21FIN5O. The predicted octanol–water partition coefficient (Wildman–Crippen LogP) is 2.73. The summed E-state index contributed by atoms with van der Waals surface area (Å²) in [6, 6.07) is 6.43. The highest BCUT2D eigenvalue weighted by molar-refractivity contribution is 14.0. The van der Waals surface area contributed by atoms with Crippen LogP contribution in [0.1, 0.15) is 24.2 Å². The number of rotatable bonds is 5. The summed E-state index contributed by atoms with van der Waals surface area (Å²) in [7, 11) is 1.92. The maximum absolute atomic E-state index is 12.9. The van der Waals surface area contributed by atoms with Crippen LogP contribution in [0.15, 0.2) is 33.8 Å². The number of guanidine groups is 1. The molecule has 1 aromatic carbocycles. The van der Waals surface area contributed by atoms with Gasteiger partial charge in [-0.2, -0.15) is 4.98 Å². The van der Waals surface area contributed by atoms with Crippen LogP contribution in [0.5, 0.6) is 0 Å². The molecule has 1 heterocycles. The van der Waals surface area contributed by atoms with E-state index in [4.69, 9.17) is 4.52 Å². The van der Waals surface area contributed by atoms with Gasteiger partial charge in [-0.25, -0.2) is 9.38 Å². The van der Waals surface area contributed by atoms with Crippen molar-refractivity contribution in [1.82, 2.24) is 20.4 Å². The molecule has 0 aliphatic heterocycles. The molecule has 23 heavy (non-hydrogen) atoms. The van der Waals surface area contributed by atoms with E-state index in [0.29, 0.717) is 24.8 Å². The number of hydrogen-bond donors (Lipinski definition) is 1. The number of aryl methyl sites for hydroxylation is 1. The number of aliphatic imine (C=N–C) groups is 1. The zero-order valence-electron chi connectivity index (χ0n) is 13.4. The van der Waals surface area contributed by atoms with E-state index in [2.05, 4.69) is 20.4 Å². The molecule has 0 unspecified atom stereocenters. The molecule has 6 nitrogen and oxygen atoms in total. The minimum Gasteiger partial charge on any atom is -0.357 e. The maximum Gasteiger partial charge on any atom is 0.223 e. The van der Waals surface area contributed by atoms with Gasteiger partial charge >= 0.3 is 0 Å². The average Bonchev–Trinajstić information content (AvgIpc) is 2.91. The molecule has 8 heteroatoms. The number of hydrogen-bond acceptors (Lipinski definition) is 4. The van der Waals surface area contributed by atoms with Gasteiger partial charge < -0.3 is 14.7 Å². The topological polar surface area (TPSA) is 66.5 Å². The van der Waals surface area contributed by atoms with Crippen LogP contribution in [-0.4, -0.2) is 34.6 Å². The molecule has 0 saturated carbocycles. The van der Waals surface area contributed by atoms with E-state index < -0.39 is 0 Å². The Morgan fingerprint density at radius 3 is 2.61 bits per heavy atom. The van der Waals surface area contributed by atoms with Crippen LogP contribution in [0.2, 0.25) is 0 Å². The van der Waals surface area contributed by atoms with Crippen molar-refractivity contribution in [3.63, 3.8) is 0 Å². The first kappa shape index (κ1) is 19.3. The Hall–Kier alpha value is -1.71. The number of halogens is 2. The van der Waals surface area contributed by atoms with Gasteiger partial charge in [-0.05, 0) is 24.6 Å². The normalized spacial score (nSPS) is 11.0. The summed E-state index contributed by atoms with van der Waals surface area (Å²) in [5.41, 5.74) is 1.00. The zero-order valence-corrected chi connectivity index (χ0v) is 15.7. The largest absolute Gasteiger partial charge is 0.357 e. The van der Waals surface area contributed by atoms with Gasteiger partial charge in [0.2, 0.25) is 5.89 Å². The van der Waals surface area contributed by atoms with E-state index in [1.54, 1.807) is 19.1 Å². The predicted molar refractivity (Wildman–Crippen MR) is 97.1 cm³/mol. The first-order valence-electron chi connectivity index (χ1n) is 7.11. The molecule has 0 amide bonds. The van der Waals surface area contributed by atoms with Crippen molar-refractivity contribution in [3.8, 4) is 0 Å². The second-order valence-electron chi connectivity index (χ2n) is 4.88. The molecule has 0 aliphatic carbocycles. The molecule has 2 rings (SSSR count). The fourth-order valence-electron chi connectivity index (χ4n) is 1.96. The minimum atomic E-state index is -0.237. The Labute approximate surface area is 152 Å². The van der Waals surface area contributed by atoms with Crippen molar-refractivity contribution in [2.24, 2.45) is 4.99 Å². The number of nitrogens with zero attached hydrogens (tertiary/aromatic N) is 4. The van der Waals surface area contributed by atoms with Crippen molar-refractivity contribution < 1.29 is 8.91 Å². The Bertz CT molecular complexity index is 629. The Kier molecular flexibility index (Phi) is 7.93. The van der Waals surface area contributed by atoms with E-state index >= 15 is 0 Å². The lowest BCUT2D eigenvalue weighted by Gasteiger charge is -2.22. The van der Waals surface area contributed by atoms with Crippen molar-refractivity contribution in [2.75, 3.05) is 13.6 Å². The summed E-state index contributed by atoms with van der Waals surface area (Å²) < 4.78 is 17.9. The van der Waals surface area contributed by atoms with Gasteiger partial charge in [-0.3, -0.25) is 0 Å². The fourth-order valence-corrected chi connectivity index (χ4v) is 1.96. The number of aromatic nitrogens is 2. The molecule has 2 aromatic rings. The summed E-state index contributed by atoms with van der Waals surface area (Å²) in [5, 5.41) is 7.03. The van der Waals surface area contributed by atoms with Crippen molar-refractivity contribution in [2.45, 2.75) is 26.9 Å². The molecular weight excluding hydrogens is 412 g/mol. The van der Waals surface area contributed by atoms with Crippen molar-refractivity contribution in [1.29, 1.82) is 0 Å². The quantitative estimate of drug-likeness (QED) is 0.447. The maximum atomic E-state index is 12.9. The van der Waals surface area contributed by atoms with Crippen LogP contribution in [0, 0.1) is 12.7 Å². The van der Waals surface area contributed by atoms with Crippen LogP contribution < -0.4 is 5.32 Å². The van der Waals surface area contributed by atoms with E-state index in [-0.39, 0.29) is 29.8 Å². The Morgan fingerprint density at radius 2 is 2.04 bits per heavy atom. The van der Waals surface area contributed by atoms with Gasteiger partial charge in [-0.15, -0.1) is 24.0 Å². The standard InChI is InChI=1S/C15H20FN5O.HI/c1-4-17-15(18-9-14-19-11(2)22-20-14)21(3)10-12-5-7-13(16)8-6-12;/h5-8H,4,9-10H2,1-3H3,(H,17,18);1H. The zero-order chi connectivity index (χ0) is 15.9. The lowest BCUT2D eigenvalue weighted by Crippen LogP contribution is -2.38. The molecule has 1 N–H and O–H groups in total. The van der Waals surface area contributed by atoms with Gasteiger partial charge in [0.1, 0.15) is 12.4 Å². The van der Waals surface area contributed by atoms with Crippen LogP contribution in [0.4, 0.5) is 4.39 Å². The van der Waals surface area contributed by atoms with Crippen LogP contribution in [-0.2, 0) is 13.1 Å². The lowest BCUT2D eigenvalue weighted by atomic mass is 10.2. The smallest absolute Gasteiger partial charge is 0.223 e. The monoisotopic (exact) mass is 433 g/mol. The van der Waals surface area contributed by atoms with E-state index in [1.165, 1.54) is 12.1 Å². The molecule has 126 valence electrons. The highest BCUT2D eigenvalue weighted by atomic mass is 127. The Balaban J connectivity index is 0.00000264. The lowest BCUT2D eigenvalue weighted by molar-refractivity contribution is 0.387. The summed E-state index contributed by atoms with van der Waals surface area (Å²) in [5.74, 6) is 1.56. The molecule has 0 aliphatic rings. The molecule has 0 bridgehead atoms. The van der Waals surface area contributed by atoms with Gasteiger partial charge in [0.15, 0.2) is 11.8 Å². The van der Waals surface area contributed by atoms with E-state index in [0.717, 1.165) is 18.1 Å². The van der Waals surface area contributed by atoms with E-state index in [1.807, 2.05) is 18.9 Å². The fraction of sp³-hybridized carbons (Fsp3) is 0.400. The molecule has 0 saturated heterocycles. The first-order chi connectivity index (χ1) is 10.6. The SMILES string of the molecule is CCNC(=NCc1noc(C)n1)N(C)Cc1ccc(F)cc1.I. The Morgan fingerprint density at radius 1 is 1.35 bits per heavy atom. The number of benzene rings is 1. The second-order valence-corrected chi connectivity index (χ2v) is 4.88.